The van der Waals surface area contributed by atoms with Crippen molar-refractivity contribution in [3.8, 4) is 0 Å². The first-order valence-electron chi connectivity index (χ1n) is 13.5. The van der Waals surface area contributed by atoms with Gasteiger partial charge in [-0.1, -0.05) is 76.1 Å². The molecule has 2 unspecified atom stereocenters. The maximum atomic E-state index is 13.5. The Kier molecular flexibility index (Phi) is 8.61. The molecule has 2 aromatic carbocycles. The van der Waals surface area contributed by atoms with Crippen molar-refractivity contribution in [2.45, 2.75) is 70.8 Å². The topological polar surface area (TPSA) is 52.7 Å². The molecule has 5 nitrogen and oxygen atoms in total. The van der Waals surface area contributed by atoms with Gasteiger partial charge < -0.3 is 10.2 Å². The van der Waals surface area contributed by atoms with Crippen molar-refractivity contribution in [1.29, 1.82) is 0 Å². The van der Waals surface area contributed by atoms with Gasteiger partial charge in [-0.15, -0.1) is 0 Å². The van der Waals surface area contributed by atoms with Crippen molar-refractivity contribution in [2.75, 3.05) is 31.5 Å². The van der Waals surface area contributed by atoms with Crippen molar-refractivity contribution in [1.82, 2.24) is 9.80 Å². The van der Waals surface area contributed by atoms with Crippen LogP contribution in [0.15, 0.2) is 54.6 Å². The summed E-state index contributed by atoms with van der Waals surface area (Å²) >= 11 is 0. The number of hydrogen-bond acceptors (Lipinski definition) is 3. The molecule has 2 amide bonds. The summed E-state index contributed by atoms with van der Waals surface area (Å²) in [5.41, 5.74) is 3.23. The zero-order chi connectivity index (χ0) is 24.8. The van der Waals surface area contributed by atoms with Crippen LogP contribution in [0.25, 0.3) is 0 Å². The van der Waals surface area contributed by atoms with E-state index in [-0.39, 0.29) is 23.8 Å². The van der Waals surface area contributed by atoms with Gasteiger partial charge >= 0.3 is 0 Å². The van der Waals surface area contributed by atoms with Gasteiger partial charge in [-0.25, -0.2) is 0 Å². The average Bonchev–Trinajstić information content (AvgIpc) is 3.40. The third kappa shape index (κ3) is 6.13. The number of amides is 2. The summed E-state index contributed by atoms with van der Waals surface area (Å²) in [6.07, 6.45) is 5.41. The van der Waals surface area contributed by atoms with Gasteiger partial charge in [0.05, 0.1) is 12.0 Å². The Morgan fingerprint density at radius 2 is 1.51 bits per heavy atom. The number of carbonyl (C=O) groups is 2. The fraction of sp³-hybridized carbons (Fsp3) is 0.533. The van der Waals surface area contributed by atoms with Gasteiger partial charge in [0.15, 0.2) is 0 Å². The summed E-state index contributed by atoms with van der Waals surface area (Å²) in [4.78, 5) is 31.2. The van der Waals surface area contributed by atoms with Crippen LogP contribution in [-0.2, 0) is 9.59 Å². The predicted molar refractivity (Wildman–Crippen MR) is 143 cm³/mol. The van der Waals surface area contributed by atoms with E-state index < -0.39 is 0 Å². The molecule has 1 aliphatic carbocycles. The number of rotatable bonds is 8. The first kappa shape index (κ1) is 25.4. The summed E-state index contributed by atoms with van der Waals surface area (Å²) in [6, 6.07) is 18.2. The summed E-state index contributed by atoms with van der Waals surface area (Å²) in [5.74, 6) is 1.08. The molecule has 188 valence electrons. The molecule has 5 heteroatoms. The lowest BCUT2D eigenvalue weighted by atomic mass is 9.93. The Balaban J connectivity index is 1.41. The second-order valence-corrected chi connectivity index (χ2v) is 10.5. The SMILES string of the molecule is CCC(C(=O)N1CCN(C(C(=O)Nc2ccc(C(C)C)cc2)C2CCCC2)CC1)c1ccccc1. The monoisotopic (exact) mass is 475 g/mol. The van der Waals surface area contributed by atoms with Crippen LogP contribution < -0.4 is 5.32 Å². The molecule has 1 saturated heterocycles. The maximum Gasteiger partial charge on any atom is 0.242 e. The minimum atomic E-state index is -0.129. The number of hydrogen-bond donors (Lipinski definition) is 1. The van der Waals surface area contributed by atoms with Crippen molar-refractivity contribution >= 4 is 17.5 Å². The third-order valence-corrected chi connectivity index (χ3v) is 7.89. The molecule has 2 fully saturated rings. The molecule has 0 bridgehead atoms. The largest absolute Gasteiger partial charge is 0.340 e. The zero-order valence-electron chi connectivity index (χ0n) is 21.6. The van der Waals surface area contributed by atoms with Gasteiger partial charge in [-0.3, -0.25) is 14.5 Å². The Morgan fingerprint density at radius 1 is 0.886 bits per heavy atom. The van der Waals surface area contributed by atoms with Crippen molar-refractivity contribution in [2.24, 2.45) is 5.92 Å². The molecule has 0 radical (unpaired) electrons. The lowest BCUT2D eigenvalue weighted by molar-refractivity contribution is -0.136. The second kappa shape index (κ2) is 11.9. The van der Waals surface area contributed by atoms with Crippen LogP contribution >= 0.6 is 0 Å². The predicted octanol–water partition coefficient (Wildman–Crippen LogP) is 5.65. The Morgan fingerprint density at radius 3 is 2.09 bits per heavy atom. The normalized spacial score (nSPS) is 19.0. The first-order chi connectivity index (χ1) is 17.0. The summed E-state index contributed by atoms with van der Waals surface area (Å²) in [5, 5.41) is 3.20. The number of carbonyl (C=O) groups excluding carboxylic acids is 2. The molecule has 1 saturated carbocycles. The molecular formula is C30H41N3O2. The lowest BCUT2D eigenvalue weighted by Crippen LogP contribution is -2.57. The average molecular weight is 476 g/mol. The van der Waals surface area contributed by atoms with E-state index in [1.54, 1.807) is 0 Å². The molecule has 35 heavy (non-hydrogen) atoms. The van der Waals surface area contributed by atoms with Gasteiger partial charge in [0.25, 0.3) is 0 Å². The van der Waals surface area contributed by atoms with Crippen LogP contribution in [0.3, 0.4) is 0 Å². The highest BCUT2D eigenvalue weighted by atomic mass is 16.2. The van der Waals surface area contributed by atoms with Gasteiger partial charge in [-0.2, -0.15) is 0 Å². The van der Waals surface area contributed by atoms with Crippen molar-refractivity contribution in [3.05, 3.63) is 65.7 Å². The number of benzene rings is 2. The fourth-order valence-electron chi connectivity index (χ4n) is 5.80. The van der Waals surface area contributed by atoms with Gasteiger partial charge in [0, 0.05) is 31.9 Å². The molecule has 1 heterocycles. The molecule has 0 spiro atoms. The molecular weight excluding hydrogens is 434 g/mol. The van der Waals surface area contributed by atoms with E-state index in [4.69, 9.17) is 0 Å². The van der Waals surface area contributed by atoms with E-state index in [9.17, 15) is 9.59 Å². The van der Waals surface area contributed by atoms with E-state index in [1.165, 1.54) is 18.4 Å². The molecule has 1 aliphatic heterocycles. The number of nitrogens with one attached hydrogen (secondary N) is 1. The van der Waals surface area contributed by atoms with Gasteiger partial charge in [0.2, 0.25) is 11.8 Å². The molecule has 2 atom stereocenters. The maximum absolute atomic E-state index is 13.5. The van der Waals surface area contributed by atoms with Crippen LogP contribution in [0.4, 0.5) is 5.69 Å². The van der Waals surface area contributed by atoms with Gasteiger partial charge in [-0.05, 0) is 54.4 Å². The Labute approximate surface area is 210 Å². The number of nitrogens with zero attached hydrogens (tertiary/aromatic N) is 2. The highest BCUT2D eigenvalue weighted by molar-refractivity contribution is 5.95. The highest BCUT2D eigenvalue weighted by Crippen LogP contribution is 2.32. The summed E-state index contributed by atoms with van der Waals surface area (Å²) < 4.78 is 0. The second-order valence-electron chi connectivity index (χ2n) is 10.5. The fourth-order valence-corrected chi connectivity index (χ4v) is 5.80. The van der Waals surface area contributed by atoms with Crippen LogP contribution in [0.1, 0.15) is 75.8 Å². The van der Waals surface area contributed by atoms with Crippen LogP contribution in [0.2, 0.25) is 0 Å². The highest BCUT2D eigenvalue weighted by Gasteiger charge is 2.38. The minimum absolute atomic E-state index is 0.0921. The smallest absolute Gasteiger partial charge is 0.242 e. The minimum Gasteiger partial charge on any atom is -0.340 e. The number of anilines is 1. The molecule has 2 aliphatic rings. The van der Waals surface area contributed by atoms with E-state index in [0.717, 1.165) is 43.6 Å². The van der Waals surface area contributed by atoms with Crippen LogP contribution in [-0.4, -0.2) is 53.8 Å². The van der Waals surface area contributed by atoms with Crippen molar-refractivity contribution < 1.29 is 9.59 Å². The quantitative estimate of drug-likeness (QED) is 0.537. The summed E-state index contributed by atoms with van der Waals surface area (Å²) in [6.45, 7) is 9.30. The first-order valence-corrected chi connectivity index (χ1v) is 13.5. The van der Waals surface area contributed by atoms with E-state index >= 15 is 0 Å². The lowest BCUT2D eigenvalue weighted by Gasteiger charge is -2.41. The van der Waals surface area contributed by atoms with Crippen molar-refractivity contribution in [3.63, 3.8) is 0 Å². The van der Waals surface area contributed by atoms with E-state index in [0.29, 0.717) is 24.9 Å². The molecule has 4 rings (SSSR count). The summed E-state index contributed by atoms with van der Waals surface area (Å²) in [7, 11) is 0. The van der Waals surface area contributed by atoms with E-state index in [2.05, 4.69) is 55.3 Å². The molecule has 0 aromatic heterocycles. The molecule has 2 aromatic rings. The van der Waals surface area contributed by atoms with E-state index in [1.807, 2.05) is 35.2 Å². The Hall–Kier alpha value is -2.66. The number of piperazine rings is 1. The Bertz CT molecular complexity index is 959. The van der Waals surface area contributed by atoms with Crippen LogP contribution in [0, 0.1) is 5.92 Å². The van der Waals surface area contributed by atoms with Gasteiger partial charge in [0.1, 0.15) is 0 Å². The zero-order valence-corrected chi connectivity index (χ0v) is 21.6. The molecule has 1 N–H and O–H groups in total. The van der Waals surface area contributed by atoms with Crippen LogP contribution in [0.5, 0.6) is 0 Å². The standard InChI is InChI=1S/C30H41N3O2/c1-4-27(24-10-6-5-7-11-24)30(35)33-20-18-32(19-21-33)28(25-12-8-9-13-25)29(34)31-26-16-14-23(15-17-26)22(2)3/h5-7,10-11,14-17,22,25,27-28H,4,8-9,12-13,18-21H2,1-3H3,(H,31,34). The third-order valence-electron chi connectivity index (χ3n) is 7.89.